The zero-order chi connectivity index (χ0) is 8.81. The van der Waals surface area contributed by atoms with E-state index in [1.807, 2.05) is 6.08 Å². The van der Waals surface area contributed by atoms with Crippen molar-refractivity contribution in [3.8, 4) is 0 Å². The Morgan fingerprint density at radius 2 is 2.33 bits per heavy atom. The molecule has 0 saturated carbocycles. The minimum absolute atomic E-state index is 0.213. The minimum Gasteiger partial charge on any atom is -0.388 e. The van der Waals surface area contributed by atoms with Gasteiger partial charge in [-0.2, -0.15) is 0 Å². The number of hydrogen-bond donors (Lipinski definition) is 1. The van der Waals surface area contributed by atoms with Crippen LogP contribution in [0.3, 0.4) is 0 Å². The van der Waals surface area contributed by atoms with Crippen molar-refractivity contribution in [1.82, 2.24) is 0 Å². The molecule has 0 spiro atoms. The molecule has 0 radical (unpaired) electrons. The summed E-state index contributed by atoms with van der Waals surface area (Å²) in [4.78, 5) is 0. The van der Waals surface area contributed by atoms with E-state index in [9.17, 15) is 5.11 Å². The van der Waals surface area contributed by atoms with Crippen molar-refractivity contribution in [1.29, 1.82) is 0 Å². The molecule has 0 heterocycles. The maximum Gasteiger partial charge on any atom is 0.0787 e. The first-order valence-electron chi connectivity index (χ1n) is 4.89. The molecule has 0 aromatic rings. The number of aliphatic hydroxyl groups excluding tert-OH is 1. The molecule has 68 valence electrons. The van der Waals surface area contributed by atoms with Crippen LogP contribution >= 0.6 is 0 Å². The second-order valence-corrected chi connectivity index (χ2v) is 3.35. The molecule has 1 aliphatic rings. The summed E-state index contributed by atoms with van der Waals surface area (Å²) in [5, 5.41) is 9.66. The SMILES string of the molecule is CCCCC[C@H](O)C1=CCC=C1. The van der Waals surface area contributed by atoms with Gasteiger partial charge in [-0.15, -0.1) is 0 Å². The average molecular weight is 166 g/mol. The highest BCUT2D eigenvalue weighted by Crippen LogP contribution is 2.17. The van der Waals surface area contributed by atoms with E-state index in [1.165, 1.54) is 12.8 Å². The van der Waals surface area contributed by atoms with E-state index in [0.29, 0.717) is 0 Å². The van der Waals surface area contributed by atoms with E-state index in [1.54, 1.807) is 0 Å². The van der Waals surface area contributed by atoms with Gasteiger partial charge in [0, 0.05) is 0 Å². The van der Waals surface area contributed by atoms with Crippen molar-refractivity contribution in [2.45, 2.75) is 45.1 Å². The summed E-state index contributed by atoms with van der Waals surface area (Å²) in [6.07, 6.45) is 11.5. The highest BCUT2D eigenvalue weighted by molar-refractivity contribution is 5.29. The predicted molar refractivity (Wildman–Crippen MR) is 52.0 cm³/mol. The third kappa shape index (κ3) is 2.82. The monoisotopic (exact) mass is 166 g/mol. The molecule has 0 aliphatic heterocycles. The van der Waals surface area contributed by atoms with Gasteiger partial charge in [-0.05, 0) is 18.4 Å². The van der Waals surface area contributed by atoms with E-state index in [0.717, 1.165) is 24.8 Å². The Kier molecular flexibility index (Phi) is 4.09. The zero-order valence-corrected chi connectivity index (χ0v) is 7.79. The molecule has 0 saturated heterocycles. The van der Waals surface area contributed by atoms with Crippen LogP contribution in [-0.2, 0) is 0 Å². The Hall–Kier alpha value is -0.560. The molecule has 1 N–H and O–H groups in total. The molecule has 1 aliphatic carbocycles. The van der Waals surface area contributed by atoms with Gasteiger partial charge in [-0.3, -0.25) is 0 Å². The molecule has 0 fully saturated rings. The van der Waals surface area contributed by atoms with Crippen LogP contribution in [0.2, 0.25) is 0 Å². The lowest BCUT2D eigenvalue weighted by Gasteiger charge is -2.09. The lowest BCUT2D eigenvalue weighted by molar-refractivity contribution is 0.200. The summed E-state index contributed by atoms with van der Waals surface area (Å²) in [5.74, 6) is 0. The molecule has 0 unspecified atom stereocenters. The largest absolute Gasteiger partial charge is 0.388 e. The smallest absolute Gasteiger partial charge is 0.0787 e. The van der Waals surface area contributed by atoms with Crippen LogP contribution in [0.1, 0.15) is 39.0 Å². The number of rotatable bonds is 5. The number of unbranched alkanes of at least 4 members (excludes halogenated alkanes) is 2. The summed E-state index contributed by atoms with van der Waals surface area (Å²) < 4.78 is 0. The molecular weight excluding hydrogens is 148 g/mol. The van der Waals surface area contributed by atoms with Crippen molar-refractivity contribution in [2.24, 2.45) is 0 Å². The quantitative estimate of drug-likeness (QED) is 0.623. The normalized spacial score (nSPS) is 18.0. The number of aliphatic hydroxyl groups is 1. The van der Waals surface area contributed by atoms with Crippen LogP contribution in [0.15, 0.2) is 23.8 Å². The first-order valence-corrected chi connectivity index (χ1v) is 4.89. The lowest BCUT2D eigenvalue weighted by Crippen LogP contribution is -2.07. The topological polar surface area (TPSA) is 20.2 Å². The second-order valence-electron chi connectivity index (χ2n) is 3.35. The molecule has 12 heavy (non-hydrogen) atoms. The van der Waals surface area contributed by atoms with E-state index >= 15 is 0 Å². The van der Waals surface area contributed by atoms with Gasteiger partial charge in [0.2, 0.25) is 0 Å². The number of hydrogen-bond acceptors (Lipinski definition) is 1. The van der Waals surface area contributed by atoms with Crippen LogP contribution in [0.4, 0.5) is 0 Å². The molecule has 0 amide bonds. The number of allylic oxidation sites excluding steroid dienone is 2. The summed E-state index contributed by atoms with van der Waals surface area (Å²) in [6, 6.07) is 0. The van der Waals surface area contributed by atoms with Gasteiger partial charge < -0.3 is 5.11 Å². The fourth-order valence-electron chi connectivity index (χ4n) is 1.48. The van der Waals surface area contributed by atoms with Crippen LogP contribution in [0, 0.1) is 0 Å². The van der Waals surface area contributed by atoms with Gasteiger partial charge in [0.1, 0.15) is 0 Å². The summed E-state index contributed by atoms with van der Waals surface area (Å²) in [6.45, 7) is 2.18. The molecule has 1 nitrogen and oxygen atoms in total. The van der Waals surface area contributed by atoms with Crippen molar-refractivity contribution in [3.05, 3.63) is 23.8 Å². The van der Waals surface area contributed by atoms with Gasteiger partial charge in [0.25, 0.3) is 0 Å². The van der Waals surface area contributed by atoms with Gasteiger partial charge in [0.15, 0.2) is 0 Å². The Morgan fingerprint density at radius 1 is 1.50 bits per heavy atom. The van der Waals surface area contributed by atoms with Gasteiger partial charge in [0.05, 0.1) is 6.10 Å². The van der Waals surface area contributed by atoms with Gasteiger partial charge >= 0.3 is 0 Å². The maximum atomic E-state index is 9.66. The summed E-state index contributed by atoms with van der Waals surface area (Å²) in [7, 11) is 0. The Balaban J connectivity index is 2.19. The standard InChI is InChI=1S/C11H18O/c1-2-3-4-9-11(12)10-7-5-6-8-10/h5,7-8,11-12H,2-4,6,9H2,1H3/t11-/m0/s1. The third-order valence-electron chi connectivity index (χ3n) is 2.27. The van der Waals surface area contributed by atoms with Crippen molar-refractivity contribution >= 4 is 0 Å². The zero-order valence-electron chi connectivity index (χ0n) is 7.79. The van der Waals surface area contributed by atoms with Crippen LogP contribution in [0.25, 0.3) is 0 Å². The van der Waals surface area contributed by atoms with Gasteiger partial charge in [-0.1, -0.05) is 44.4 Å². The Morgan fingerprint density at radius 3 is 2.92 bits per heavy atom. The highest BCUT2D eigenvalue weighted by atomic mass is 16.3. The van der Waals surface area contributed by atoms with Crippen molar-refractivity contribution < 1.29 is 5.11 Å². The van der Waals surface area contributed by atoms with E-state index in [-0.39, 0.29) is 6.10 Å². The fourth-order valence-corrected chi connectivity index (χ4v) is 1.48. The molecular formula is C11H18O. The van der Waals surface area contributed by atoms with E-state index < -0.39 is 0 Å². The van der Waals surface area contributed by atoms with Crippen LogP contribution in [0.5, 0.6) is 0 Å². The summed E-state index contributed by atoms with van der Waals surface area (Å²) in [5.41, 5.74) is 1.12. The maximum absolute atomic E-state index is 9.66. The first kappa shape index (κ1) is 9.53. The van der Waals surface area contributed by atoms with Crippen molar-refractivity contribution in [2.75, 3.05) is 0 Å². The average Bonchev–Trinajstić information content (AvgIpc) is 2.56. The minimum atomic E-state index is -0.213. The molecule has 1 heteroatoms. The Bertz CT molecular complexity index is 179. The molecule has 0 bridgehead atoms. The molecule has 1 rings (SSSR count). The highest BCUT2D eigenvalue weighted by Gasteiger charge is 2.08. The predicted octanol–water partition coefficient (Wildman–Crippen LogP) is 2.81. The lowest BCUT2D eigenvalue weighted by atomic mass is 10.0. The fraction of sp³-hybridized carbons (Fsp3) is 0.636. The molecule has 1 atom stereocenters. The van der Waals surface area contributed by atoms with Crippen LogP contribution < -0.4 is 0 Å². The van der Waals surface area contributed by atoms with E-state index in [2.05, 4.69) is 19.1 Å². The van der Waals surface area contributed by atoms with Crippen LogP contribution in [-0.4, -0.2) is 11.2 Å². The second kappa shape index (κ2) is 5.15. The first-order chi connectivity index (χ1) is 5.84. The summed E-state index contributed by atoms with van der Waals surface area (Å²) >= 11 is 0. The van der Waals surface area contributed by atoms with E-state index in [4.69, 9.17) is 0 Å². The van der Waals surface area contributed by atoms with Crippen molar-refractivity contribution in [3.63, 3.8) is 0 Å². The Labute approximate surface area is 74.8 Å². The molecule has 0 aromatic heterocycles. The third-order valence-corrected chi connectivity index (χ3v) is 2.27. The van der Waals surface area contributed by atoms with Gasteiger partial charge in [-0.25, -0.2) is 0 Å². The molecule has 0 aromatic carbocycles.